The first-order chi connectivity index (χ1) is 18.3. The summed E-state index contributed by atoms with van der Waals surface area (Å²) in [4.78, 5) is 11.1. The monoisotopic (exact) mass is 614 g/mol. The zero-order valence-electron chi connectivity index (χ0n) is 21.6. The summed E-state index contributed by atoms with van der Waals surface area (Å²) in [5.41, 5.74) is 2.72. The maximum absolute atomic E-state index is 12.1. The number of thiazole rings is 1. The van der Waals surface area contributed by atoms with Gasteiger partial charge < -0.3 is 14.7 Å². The lowest BCUT2D eigenvalue weighted by Gasteiger charge is -2.42. The molecule has 6 atom stereocenters. The van der Waals surface area contributed by atoms with Crippen molar-refractivity contribution in [2.24, 2.45) is 28.8 Å². The highest BCUT2D eigenvalue weighted by Crippen LogP contribution is 2.57. The molecule has 7 rings (SSSR count). The van der Waals surface area contributed by atoms with E-state index < -0.39 is 5.60 Å². The van der Waals surface area contributed by atoms with Gasteiger partial charge in [-0.2, -0.15) is 0 Å². The maximum atomic E-state index is 12.1. The highest BCUT2D eigenvalue weighted by Gasteiger charge is 2.58. The van der Waals surface area contributed by atoms with Crippen molar-refractivity contribution in [3.8, 4) is 0 Å². The van der Waals surface area contributed by atoms with E-state index in [9.17, 15) is 5.11 Å². The number of aryl methyl sites for hydroxylation is 1. The number of aromatic nitrogens is 1. The zero-order valence-corrected chi connectivity index (χ0v) is 24.8. The highest BCUT2D eigenvalue weighted by molar-refractivity contribution is 9.10. The van der Waals surface area contributed by atoms with Crippen LogP contribution in [-0.2, 0) is 15.2 Å². The Bertz CT molecular complexity index is 1400. The Morgan fingerprint density at radius 3 is 2.58 bits per heavy atom. The molecule has 38 heavy (non-hydrogen) atoms. The number of ether oxygens (including phenoxy) is 1. The number of halogens is 2. The lowest BCUT2D eigenvalue weighted by molar-refractivity contribution is -0.125. The molecule has 3 aromatic rings. The lowest BCUT2D eigenvalue weighted by atomic mass is 9.73. The van der Waals surface area contributed by atoms with Crippen molar-refractivity contribution in [1.82, 2.24) is 4.98 Å². The molecule has 200 valence electrons. The van der Waals surface area contributed by atoms with E-state index in [2.05, 4.69) is 47.1 Å². The van der Waals surface area contributed by atoms with Crippen LogP contribution in [0.15, 0.2) is 46.0 Å². The molecule has 4 aliphatic rings. The molecule has 0 amide bonds. The van der Waals surface area contributed by atoms with Crippen LogP contribution in [0.4, 0.5) is 0 Å². The van der Waals surface area contributed by atoms with Crippen molar-refractivity contribution in [2.75, 3.05) is 6.61 Å². The highest BCUT2D eigenvalue weighted by atomic mass is 79.9. The van der Waals surface area contributed by atoms with E-state index in [4.69, 9.17) is 26.2 Å². The molecule has 2 bridgehead atoms. The molecule has 1 N–H and O–H groups in total. The summed E-state index contributed by atoms with van der Waals surface area (Å²) >= 11 is 11.9. The summed E-state index contributed by atoms with van der Waals surface area (Å²) in [5, 5.41) is 18.2. The van der Waals surface area contributed by atoms with Crippen molar-refractivity contribution >= 4 is 54.8 Å². The number of hydrogen-bond donors (Lipinski definition) is 1. The van der Waals surface area contributed by atoms with Gasteiger partial charge in [0.25, 0.3) is 0 Å². The number of aliphatic hydroxyl groups is 1. The van der Waals surface area contributed by atoms with Gasteiger partial charge in [-0.3, -0.25) is 0 Å². The molecule has 2 aromatic carbocycles. The van der Waals surface area contributed by atoms with E-state index >= 15 is 0 Å². The average molecular weight is 616 g/mol. The van der Waals surface area contributed by atoms with E-state index in [0.29, 0.717) is 17.5 Å². The third kappa shape index (κ3) is 3.99. The molecule has 8 heteroatoms. The molecule has 0 radical (unpaired) electrons. The van der Waals surface area contributed by atoms with Crippen LogP contribution in [0.3, 0.4) is 0 Å². The Balaban J connectivity index is 1.11. The van der Waals surface area contributed by atoms with Gasteiger partial charge in [0.1, 0.15) is 16.2 Å². The molecule has 3 fully saturated rings. The first kappa shape index (κ1) is 25.5. The minimum Gasteiger partial charge on any atom is -0.388 e. The number of hydrogen-bond acceptors (Lipinski definition) is 6. The number of oxime groups is 1. The smallest absolute Gasteiger partial charge is 0.148 e. The summed E-state index contributed by atoms with van der Waals surface area (Å²) in [7, 11) is 0. The predicted molar refractivity (Wildman–Crippen MR) is 155 cm³/mol. The lowest BCUT2D eigenvalue weighted by Crippen LogP contribution is -2.46. The van der Waals surface area contributed by atoms with Gasteiger partial charge >= 0.3 is 0 Å². The molecule has 3 aliphatic carbocycles. The van der Waals surface area contributed by atoms with E-state index in [-0.39, 0.29) is 29.5 Å². The van der Waals surface area contributed by atoms with Gasteiger partial charge in [0.2, 0.25) is 0 Å². The Morgan fingerprint density at radius 1 is 1.13 bits per heavy atom. The van der Waals surface area contributed by atoms with E-state index in [1.54, 1.807) is 11.3 Å². The van der Waals surface area contributed by atoms with E-state index in [1.807, 2.05) is 24.3 Å². The second kappa shape index (κ2) is 9.27. The minimum atomic E-state index is -0.865. The van der Waals surface area contributed by atoms with Gasteiger partial charge in [0.05, 0.1) is 39.6 Å². The van der Waals surface area contributed by atoms with Gasteiger partial charge in [0.15, 0.2) is 0 Å². The largest absolute Gasteiger partial charge is 0.388 e. The second-order valence-electron chi connectivity index (χ2n) is 11.9. The fraction of sp³-hybridized carbons (Fsp3) is 0.533. The predicted octanol–water partition coefficient (Wildman–Crippen LogP) is 7.63. The number of fused-ring (bicyclic) bond motifs is 3. The Morgan fingerprint density at radius 2 is 1.87 bits per heavy atom. The van der Waals surface area contributed by atoms with Gasteiger partial charge in [0, 0.05) is 16.0 Å². The Labute approximate surface area is 240 Å². The first-order valence-electron chi connectivity index (χ1n) is 13.7. The average Bonchev–Trinajstić information content (AvgIpc) is 3.56. The molecule has 3 saturated carbocycles. The number of benzene rings is 2. The van der Waals surface area contributed by atoms with Gasteiger partial charge in [-0.25, -0.2) is 4.98 Å². The van der Waals surface area contributed by atoms with Crippen molar-refractivity contribution < 1.29 is 14.7 Å². The van der Waals surface area contributed by atoms with Crippen LogP contribution in [-0.4, -0.2) is 34.1 Å². The normalized spacial score (nSPS) is 34.5. The fourth-order valence-corrected chi connectivity index (χ4v) is 9.36. The summed E-state index contributed by atoms with van der Waals surface area (Å²) in [6.07, 6.45) is 6.15. The quantitative estimate of drug-likeness (QED) is 0.310. The van der Waals surface area contributed by atoms with E-state index in [0.717, 1.165) is 75.1 Å². The van der Waals surface area contributed by atoms with Crippen LogP contribution >= 0.6 is 38.9 Å². The second-order valence-corrected chi connectivity index (χ2v) is 14.2. The van der Waals surface area contributed by atoms with Gasteiger partial charge in [-0.05, 0) is 94.0 Å². The van der Waals surface area contributed by atoms with Crippen LogP contribution in [0, 0.1) is 30.6 Å². The van der Waals surface area contributed by atoms with Crippen LogP contribution in [0.5, 0.6) is 0 Å². The molecular formula is C30H32BrClN2O3S. The molecule has 1 aliphatic heterocycles. The Kier molecular flexibility index (Phi) is 6.21. The van der Waals surface area contributed by atoms with Crippen LogP contribution in [0.1, 0.15) is 61.6 Å². The van der Waals surface area contributed by atoms with Crippen LogP contribution in [0.2, 0.25) is 5.02 Å². The van der Waals surface area contributed by atoms with Crippen molar-refractivity contribution in [2.45, 2.75) is 69.7 Å². The Hall–Kier alpha value is -1.51. The maximum Gasteiger partial charge on any atom is 0.148 e. The fourth-order valence-electron chi connectivity index (χ4n) is 7.27. The van der Waals surface area contributed by atoms with Crippen molar-refractivity contribution in [3.05, 3.63) is 62.0 Å². The van der Waals surface area contributed by atoms with Crippen molar-refractivity contribution in [1.29, 1.82) is 0 Å². The van der Waals surface area contributed by atoms with Gasteiger partial charge in [-0.15, -0.1) is 11.3 Å². The third-order valence-electron chi connectivity index (χ3n) is 9.62. The molecule has 5 nitrogen and oxygen atoms in total. The summed E-state index contributed by atoms with van der Waals surface area (Å²) in [6.45, 7) is 4.82. The molecule has 4 unspecified atom stereocenters. The van der Waals surface area contributed by atoms with Crippen molar-refractivity contribution in [3.63, 3.8) is 0 Å². The molecule has 0 saturated heterocycles. The molecular weight excluding hydrogens is 584 g/mol. The molecule has 1 aromatic heterocycles. The number of rotatable bonds is 6. The van der Waals surface area contributed by atoms with Crippen LogP contribution in [0.25, 0.3) is 10.2 Å². The van der Waals surface area contributed by atoms with Crippen LogP contribution < -0.4 is 0 Å². The first-order valence-corrected chi connectivity index (χ1v) is 15.7. The molecule has 0 spiro atoms. The zero-order chi connectivity index (χ0) is 26.2. The van der Waals surface area contributed by atoms with Gasteiger partial charge in [-0.1, -0.05) is 44.8 Å². The number of nitrogens with zero attached hydrogens (tertiary/aromatic N) is 2. The standard InChI is InChI=1S/C30H32BrClN2O3S/c1-16-4-3-5-23(32)26(16)27-22(29(2,37-34-27)17-6-7-17)15-36-21-12-18-8-9-19(13-21)30(18,35)28-33-24-11-10-20(31)14-25(24)38-28/h3-5,10-11,14,17-19,21-22,35H,6-9,12-13,15H2,1-2H3/t18-,19+,21?,22?,29?,30?. The summed E-state index contributed by atoms with van der Waals surface area (Å²) < 4.78 is 8.87. The third-order valence-corrected chi connectivity index (χ3v) is 11.6. The SMILES string of the molecule is Cc1cccc(Cl)c1C1=NOC(C)(C2CC2)C1COC1C[C@H]2CC[C@@H](C1)C2(O)c1nc2ccc(Br)cc2s1. The summed E-state index contributed by atoms with van der Waals surface area (Å²) in [6, 6.07) is 12.1. The molecule has 2 heterocycles. The minimum absolute atomic E-state index is 0.0229. The van der Waals surface area contributed by atoms with E-state index in [1.165, 1.54) is 0 Å². The topological polar surface area (TPSA) is 63.9 Å². The summed E-state index contributed by atoms with van der Waals surface area (Å²) in [5.74, 6) is 0.828.